The molecule has 4 nitrogen and oxygen atoms in total. The molecule has 2 amide bonds. The zero-order valence-corrected chi connectivity index (χ0v) is 11.2. The second-order valence-corrected chi connectivity index (χ2v) is 5.42. The maximum atomic E-state index is 11.6. The molecule has 1 aromatic rings. The van der Waals surface area contributed by atoms with Gasteiger partial charge in [0.1, 0.15) is 0 Å². The minimum atomic E-state index is -0.271. The lowest BCUT2D eigenvalue weighted by molar-refractivity contribution is -0.128. The van der Waals surface area contributed by atoms with E-state index >= 15 is 0 Å². The highest BCUT2D eigenvalue weighted by molar-refractivity contribution is 8.00. The number of thioether (sulfide) groups is 1. The summed E-state index contributed by atoms with van der Waals surface area (Å²) in [7, 11) is 0. The van der Waals surface area contributed by atoms with E-state index in [2.05, 4.69) is 5.32 Å². The lowest BCUT2D eigenvalue weighted by Gasteiger charge is -2.08. The number of nitrogens with two attached hydrogens (primary N) is 1. The molecule has 18 heavy (non-hydrogen) atoms. The van der Waals surface area contributed by atoms with Crippen molar-refractivity contribution in [1.82, 2.24) is 5.32 Å². The molecule has 0 aliphatic carbocycles. The molecule has 1 rings (SSSR count). The number of hydrogen-bond donors (Lipinski definition) is 2. The highest BCUT2D eigenvalue weighted by Crippen LogP contribution is 2.07. The van der Waals surface area contributed by atoms with Crippen molar-refractivity contribution in [2.45, 2.75) is 18.6 Å². The average Bonchev–Trinajstić information content (AvgIpc) is 2.37. The largest absolute Gasteiger partial charge is 0.329 e. The molecule has 0 heterocycles. The molecule has 0 aromatic heterocycles. The molecule has 0 spiro atoms. The van der Waals surface area contributed by atoms with Gasteiger partial charge in [-0.25, -0.2) is 0 Å². The van der Waals surface area contributed by atoms with Gasteiger partial charge in [-0.3, -0.25) is 14.9 Å². The fourth-order valence-electron chi connectivity index (χ4n) is 1.30. The van der Waals surface area contributed by atoms with Crippen molar-refractivity contribution in [2.75, 3.05) is 12.3 Å². The molecule has 1 aromatic carbocycles. The molecule has 0 saturated carbocycles. The van der Waals surface area contributed by atoms with Crippen molar-refractivity contribution in [1.29, 1.82) is 0 Å². The third kappa shape index (κ3) is 5.84. The number of hydrogen-bond acceptors (Lipinski definition) is 4. The summed E-state index contributed by atoms with van der Waals surface area (Å²) < 4.78 is 0. The SMILES string of the molecule is CC(CN)SCC(=O)NC(=O)Cc1ccccc1. The van der Waals surface area contributed by atoms with Crippen molar-refractivity contribution < 1.29 is 9.59 Å². The number of rotatable bonds is 6. The van der Waals surface area contributed by atoms with E-state index in [1.165, 1.54) is 11.8 Å². The van der Waals surface area contributed by atoms with Crippen LogP contribution in [0.25, 0.3) is 0 Å². The van der Waals surface area contributed by atoms with Crippen molar-refractivity contribution in [3.63, 3.8) is 0 Å². The van der Waals surface area contributed by atoms with Gasteiger partial charge in [-0.05, 0) is 5.56 Å². The maximum Gasteiger partial charge on any atom is 0.236 e. The van der Waals surface area contributed by atoms with Crippen LogP contribution in [0.15, 0.2) is 30.3 Å². The Morgan fingerprint density at radius 3 is 2.56 bits per heavy atom. The van der Waals surface area contributed by atoms with E-state index < -0.39 is 0 Å². The smallest absolute Gasteiger partial charge is 0.236 e. The minimum Gasteiger partial charge on any atom is -0.329 e. The molecule has 98 valence electrons. The van der Waals surface area contributed by atoms with E-state index in [1.54, 1.807) is 0 Å². The number of carbonyl (C=O) groups excluding carboxylic acids is 2. The molecule has 3 N–H and O–H groups in total. The van der Waals surface area contributed by atoms with Gasteiger partial charge in [0, 0.05) is 11.8 Å². The van der Waals surface area contributed by atoms with Crippen LogP contribution in [0.5, 0.6) is 0 Å². The van der Waals surface area contributed by atoms with Crippen LogP contribution >= 0.6 is 11.8 Å². The van der Waals surface area contributed by atoms with Gasteiger partial charge in [-0.1, -0.05) is 37.3 Å². The Bertz CT molecular complexity index is 395. The van der Waals surface area contributed by atoms with Gasteiger partial charge in [-0.15, -0.1) is 11.8 Å². The normalized spacial score (nSPS) is 11.9. The van der Waals surface area contributed by atoms with E-state index in [1.807, 2.05) is 37.3 Å². The topological polar surface area (TPSA) is 72.2 Å². The molecule has 1 unspecified atom stereocenters. The van der Waals surface area contributed by atoms with Crippen LogP contribution in [0, 0.1) is 0 Å². The van der Waals surface area contributed by atoms with Gasteiger partial charge in [0.15, 0.2) is 0 Å². The highest BCUT2D eigenvalue weighted by atomic mass is 32.2. The number of benzene rings is 1. The summed E-state index contributed by atoms with van der Waals surface area (Å²) >= 11 is 1.44. The zero-order chi connectivity index (χ0) is 13.4. The van der Waals surface area contributed by atoms with Crippen LogP contribution in [0.3, 0.4) is 0 Å². The Hall–Kier alpha value is -1.33. The van der Waals surface area contributed by atoms with Crippen molar-refractivity contribution in [3.8, 4) is 0 Å². The molecular formula is C13H18N2O2S. The number of imide groups is 1. The number of amides is 2. The van der Waals surface area contributed by atoms with E-state index in [4.69, 9.17) is 5.73 Å². The van der Waals surface area contributed by atoms with E-state index in [-0.39, 0.29) is 29.2 Å². The standard InChI is InChI=1S/C13H18N2O2S/c1-10(8-14)18-9-13(17)15-12(16)7-11-5-3-2-4-6-11/h2-6,10H,7-9,14H2,1H3,(H,15,16,17). The van der Waals surface area contributed by atoms with E-state index in [9.17, 15) is 9.59 Å². The van der Waals surface area contributed by atoms with Crippen molar-refractivity contribution in [2.24, 2.45) is 5.73 Å². The number of carbonyl (C=O) groups is 2. The quantitative estimate of drug-likeness (QED) is 0.804. The summed E-state index contributed by atoms with van der Waals surface area (Å²) in [5.74, 6) is -0.271. The van der Waals surface area contributed by atoms with Crippen LogP contribution in [0.2, 0.25) is 0 Å². The van der Waals surface area contributed by atoms with Crippen LogP contribution in [-0.4, -0.2) is 29.4 Å². The summed E-state index contributed by atoms with van der Waals surface area (Å²) in [6.45, 7) is 2.47. The molecule has 0 radical (unpaired) electrons. The molecule has 5 heteroatoms. The molecule has 0 bridgehead atoms. The first-order chi connectivity index (χ1) is 8.61. The summed E-state index contributed by atoms with van der Waals surface area (Å²) in [4.78, 5) is 23.0. The van der Waals surface area contributed by atoms with Crippen LogP contribution in [0.4, 0.5) is 0 Å². The van der Waals surface area contributed by atoms with Crippen LogP contribution in [0.1, 0.15) is 12.5 Å². The van der Waals surface area contributed by atoms with Crippen molar-refractivity contribution in [3.05, 3.63) is 35.9 Å². The van der Waals surface area contributed by atoms with Gasteiger partial charge in [0.2, 0.25) is 11.8 Å². The van der Waals surface area contributed by atoms with Crippen molar-refractivity contribution >= 4 is 23.6 Å². The van der Waals surface area contributed by atoms with Gasteiger partial charge < -0.3 is 5.73 Å². The second kappa shape index (κ2) is 7.89. The summed E-state index contributed by atoms with van der Waals surface area (Å²) in [5.41, 5.74) is 6.34. The van der Waals surface area contributed by atoms with Gasteiger partial charge in [0.05, 0.1) is 12.2 Å². The third-order valence-corrected chi connectivity index (χ3v) is 3.51. The zero-order valence-electron chi connectivity index (χ0n) is 10.4. The first kappa shape index (κ1) is 14.7. The predicted octanol–water partition coefficient (Wildman–Crippen LogP) is 0.952. The minimum absolute atomic E-state index is 0.222. The fraction of sp³-hybridized carbons (Fsp3) is 0.385. The Kier molecular flexibility index (Phi) is 6.46. The van der Waals surface area contributed by atoms with E-state index in [0.29, 0.717) is 6.54 Å². The lowest BCUT2D eigenvalue weighted by Crippen LogP contribution is -2.33. The third-order valence-electron chi connectivity index (χ3n) is 2.32. The first-order valence-corrected chi connectivity index (χ1v) is 6.85. The van der Waals surface area contributed by atoms with Gasteiger partial charge in [-0.2, -0.15) is 0 Å². The molecule has 0 saturated heterocycles. The predicted molar refractivity (Wildman–Crippen MR) is 74.3 cm³/mol. The number of nitrogens with one attached hydrogen (secondary N) is 1. The average molecular weight is 266 g/mol. The van der Waals surface area contributed by atoms with Gasteiger partial charge in [0.25, 0.3) is 0 Å². The highest BCUT2D eigenvalue weighted by Gasteiger charge is 2.10. The molecule has 0 aliphatic heterocycles. The Morgan fingerprint density at radius 1 is 1.28 bits per heavy atom. The summed E-state index contributed by atoms with van der Waals surface area (Å²) in [6.07, 6.45) is 0.226. The van der Waals surface area contributed by atoms with E-state index in [0.717, 1.165) is 5.56 Å². The van der Waals surface area contributed by atoms with Crippen LogP contribution in [-0.2, 0) is 16.0 Å². The second-order valence-electron chi connectivity index (χ2n) is 3.99. The first-order valence-electron chi connectivity index (χ1n) is 5.80. The maximum absolute atomic E-state index is 11.6. The molecular weight excluding hydrogens is 248 g/mol. The summed E-state index contributed by atoms with van der Waals surface area (Å²) in [6, 6.07) is 9.33. The Balaban J connectivity index is 2.30. The fourth-order valence-corrected chi connectivity index (χ4v) is 1.95. The lowest BCUT2D eigenvalue weighted by atomic mass is 10.1. The van der Waals surface area contributed by atoms with Gasteiger partial charge >= 0.3 is 0 Å². The van der Waals surface area contributed by atoms with Crippen LogP contribution < -0.4 is 11.1 Å². The molecule has 0 fully saturated rings. The monoisotopic (exact) mass is 266 g/mol. The Morgan fingerprint density at radius 2 is 1.94 bits per heavy atom. The summed E-state index contributed by atoms with van der Waals surface area (Å²) in [5, 5.41) is 2.59. The Labute approximate surface area is 111 Å². The molecule has 0 aliphatic rings. The molecule has 1 atom stereocenters.